The molecular formula is C22H14N3O7-. The number of nitro benzene ring substituents is 1. The second-order valence-electron chi connectivity index (χ2n) is 6.34. The predicted molar refractivity (Wildman–Crippen MR) is 110 cm³/mol. The summed E-state index contributed by atoms with van der Waals surface area (Å²) in [5.41, 5.74) is 0.0512. The summed E-state index contributed by atoms with van der Waals surface area (Å²) >= 11 is 0. The number of aromatic carboxylic acids is 1. The Balaban J connectivity index is 1.85. The van der Waals surface area contributed by atoms with Crippen LogP contribution in [0.4, 0.5) is 11.4 Å². The molecule has 0 spiro atoms. The second-order valence-corrected chi connectivity index (χ2v) is 6.34. The molecular weight excluding hydrogens is 418 g/mol. The number of rotatable bonds is 7. The van der Waals surface area contributed by atoms with Crippen LogP contribution in [0.2, 0.25) is 0 Å². The van der Waals surface area contributed by atoms with Crippen LogP contribution in [0.15, 0.2) is 64.6 Å². The number of hydrogen-bond acceptors (Lipinski definition) is 8. The minimum Gasteiger partial charge on any atom is -0.545 e. The van der Waals surface area contributed by atoms with E-state index in [1.54, 1.807) is 12.1 Å². The average molecular weight is 432 g/mol. The van der Waals surface area contributed by atoms with Gasteiger partial charge in [-0.3, -0.25) is 14.9 Å². The minimum atomic E-state index is -1.40. The first-order valence-corrected chi connectivity index (χ1v) is 8.99. The summed E-state index contributed by atoms with van der Waals surface area (Å²) in [5.74, 6) is -1.47. The Morgan fingerprint density at radius 1 is 1.19 bits per heavy atom. The van der Waals surface area contributed by atoms with Gasteiger partial charge in [0.05, 0.1) is 29.6 Å². The monoisotopic (exact) mass is 432 g/mol. The van der Waals surface area contributed by atoms with Crippen molar-refractivity contribution in [1.29, 1.82) is 5.26 Å². The third-order valence-electron chi connectivity index (χ3n) is 4.30. The van der Waals surface area contributed by atoms with Crippen LogP contribution in [0.5, 0.6) is 5.75 Å². The molecule has 0 saturated carbocycles. The zero-order valence-electron chi connectivity index (χ0n) is 16.5. The summed E-state index contributed by atoms with van der Waals surface area (Å²) in [6.07, 6.45) is 1.21. The first-order valence-electron chi connectivity index (χ1n) is 8.99. The van der Waals surface area contributed by atoms with Crippen molar-refractivity contribution in [3.8, 4) is 23.1 Å². The predicted octanol–water partition coefficient (Wildman–Crippen LogP) is 2.77. The fourth-order valence-corrected chi connectivity index (χ4v) is 2.79. The van der Waals surface area contributed by atoms with E-state index in [9.17, 15) is 30.1 Å². The van der Waals surface area contributed by atoms with Crippen LogP contribution in [0.1, 0.15) is 16.1 Å². The maximum Gasteiger partial charge on any atom is 0.273 e. The van der Waals surface area contributed by atoms with Crippen molar-refractivity contribution in [1.82, 2.24) is 0 Å². The van der Waals surface area contributed by atoms with Gasteiger partial charge < -0.3 is 24.4 Å². The van der Waals surface area contributed by atoms with Crippen molar-refractivity contribution in [2.75, 3.05) is 12.4 Å². The first-order chi connectivity index (χ1) is 15.3. The number of hydrogen-bond donors (Lipinski definition) is 1. The Bertz CT molecular complexity index is 1280. The number of carbonyl (C=O) groups is 2. The Morgan fingerprint density at radius 2 is 1.97 bits per heavy atom. The van der Waals surface area contributed by atoms with E-state index in [0.29, 0.717) is 11.3 Å². The lowest BCUT2D eigenvalue weighted by Crippen LogP contribution is -2.22. The SMILES string of the molecule is COc1cc([N+](=O)[O-])ccc1-c1ccc(/C=C(\C#N)C(=O)Nc2cccc(C(=O)[O-])c2)o1. The van der Waals surface area contributed by atoms with Crippen LogP contribution in [-0.4, -0.2) is 23.9 Å². The topological polar surface area (TPSA) is 159 Å². The summed E-state index contributed by atoms with van der Waals surface area (Å²) < 4.78 is 10.8. The van der Waals surface area contributed by atoms with Gasteiger partial charge in [-0.15, -0.1) is 0 Å². The molecule has 0 aliphatic heterocycles. The van der Waals surface area contributed by atoms with E-state index in [2.05, 4.69) is 5.32 Å². The molecule has 0 bridgehead atoms. The lowest BCUT2D eigenvalue weighted by atomic mass is 10.1. The Morgan fingerprint density at radius 3 is 2.62 bits per heavy atom. The molecule has 0 atom stereocenters. The van der Waals surface area contributed by atoms with Gasteiger partial charge in [0.15, 0.2) is 0 Å². The molecule has 0 saturated heterocycles. The highest BCUT2D eigenvalue weighted by molar-refractivity contribution is 6.09. The van der Waals surface area contributed by atoms with Crippen molar-refractivity contribution in [3.63, 3.8) is 0 Å². The first kappa shape index (κ1) is 21.8. The van der Waals surface area contributed by atoms with Crippen molar-refractivity contribution in [3.05, 3.63) is 81.6 Å². The van der Waals surface area contributed by atoms with Crippen LogP contribution in [-0.2, 0) is 4.79 Å². The number of furan rings is 1. The zero-order chi connectivity index (χ0) is 23.3. The maximum atomic E-state index is 12.4. The van der Waals surface area contributed by atoms with Gasteiger partial charge in [-0.05, 0) is 35.9 Å². The molecule has 0 aliphatic carbocycles. The Kier molecular flexibility index (Phi) is 6.31. The molecule has 10 nitrogen and oxygen atoms in total. The molecule has 32 heavy (non-hydrogen) atoms. The van der Waals surface area contributed by atoms with E-state index >= 15 is 0 Å². The van der Waals surface area contributed by atoms with E-state index in [1.807, 2.05) is 0 Å². The number of carboxylic acids is 1. The number of nitrogens with zero attached hydrogens (tertiary/aromatic N) is 2. The van der Waals surface area contributed by atoms with E-state index in [1.165, 1.54) is 61.7 Å². The summed E-state index contributed by atoms with van der Waals surface area (Å²) in [4.78, 5) is 33.7. The lowest BCUT2D eigenvalue weighted by Gasteiger charge is -2.07. The third kappa shape index (κ3) is 4.80. The smallest absolute Gasteiger partial charge is 0.273 e. The zero-order valence-corrected chi connectivity index (χ0v) is 16.5. The Hall–Kier alpha value is -4.91. The number of methoxy groups -OCH3 is 1. The van der Waals surface area contributed by atoms with Crippen molar-refractivity contribution in [2.45, 2.75) is 0 Å². The molecule has 1 aromatic heterocycles. The number of nitriles is 1. The van der Waals surface area contributed by atoms with Gasteiger partial charge in [0.25, 0.3) is 11.6 Å². The van der Waals surface area contributed by atoms with Gasteiger partial charge >= 0.3 is 0 Å². The van der Waals surface area contributed by atoms with E-state index in [0.717, 1.165) is 0 Å². The van der Waals surface area contributed by atoms with Gasteiger partial charge in [-0.1, -0.05) is 12.1 Å². The summed E-state index contributed by atoms with van der Waals surface area (Å²) in [6.45, 7) is 0. The molecule has 0 unspecified atom stereocenters. The number of carboxylic acid groups (broad SMARTS) is 1. The number of nitrogens with one attached hydrogen (secondary N) is 1. The van der Waals surface area contributed by atoms with Crippen molar-refractivity contribution < 1.29 is 28.8 Å². The van der Waals surface area contributed by atoms with E-state index < -0.39 is 16.8 Å². The molecule has 0 aliphatic rings. The minimum absolute atomic E-state index is 0.127. The lowest BCUT2D eigenvalue weighted by molar-refractivity contribution is -0.384. The van der Waals surface area contributed by atoms with Gasteiger partial charge in [0.2, 0.25) is 0 Å². The number of non-ortho nitro benzene ring substituents is 1. The number of ether oxygens (including phenoxy) is 1. The van der Waals surface area contributed by atoms with Gasteiger partial charge in [-0.2, -0.15) is 5.26 Å². The third-order valence-corrected chi connectivity index (χ3v) is 4.30. The molecule has 0 radical (unpaired) electrons. The molecule has 160 valence electrons. The number of benzene rings is 2. The fraction of sp³-hybridized carbons (Fsp3) is 0.0455. The number of carbonyl (C=O) groups excluding carboxylic acids is 2. The summed E-state index contributed by atoms with van der Waals surface area (Å²) in [7, 11) is 1.36. The molecule has 3 rings (SSSR count). The van der Waals surface area contributed by atoms with Gasteiger partial charge in [0.1, 0.15) is 28.9 Å². The molecule has 1 N–H and O–H groups in total. The normalized spacial score (nSPS) is 10.8. The van der Waals surface area contributed by atoms with Crippen LogP contribution >= 0.6 is 0 Å². The van der Waals surface area contributed by atoms with Crippen LogP contribution in [0.25, 0.3) is 17.4 Å². The summed E-state index contributed by atoms with van der Waals surface area (Å²) in [6, 6.07) is 14.2. The number of amides is 1. The van der Waals surface area contributed by atoms with Crippen molar-refractivity contribution >= 4 is 29.3 Å². The number of anilines is 1. The molecule has 3 aromatic rings. The standard InChI is InChI=1S/C22H15N3O7/c1-31-20-11-16(25(29)30)5-7-18(20)19-8-6-17(32-19)10-14(12-23)21(26)24-15-4-2-3-13(9-15)22(27)28/h2-11H,1H3,(H,24,26)(H,27,28)/p-1/b14-10+. The highest BCUT2D eigenvalue weighted by Crippen LogP contribution is 2.34. The molecule has 10 heteroatoms. The highest BCUT2D eigenvalue weighted by atomic mass is 16.6. The van der Waals surface area contributed by atoms with Gasteiger partial charge in [-0.25, -0.2) is 0 Å². The van der Waals surface area contributed by atoms with Crippen molar-refractivity contribution in [2.24, 2.45) is 0 Å². The quantitative estimate of drug-likeness (QED) is 0.258. The molecule has 1 amide bonds. The average Bonchev–Trinajstić information content (AvgIpc) is 3.25. The largest absolute Gasteiger partial charge is 0.545 e. The Labute approximate surface area is 181 Å². The van der Waals surface area contributed by atoms with Crippen LogP contribution in [0, 0.1) is 21.4 Å². The fourth-order valence-electron chi connectivity index (χ4n) is 2.79. The molecule has 0 fully saturated rings. The highest BCUT2D eigenvalue weighted by Gasteiger charge is 2.16. The van der Waals surface area contributed by atoms with Crippen LogP contribution < -0.4 is 15.2 Å². The summed E-state index contributed by atoms with van der Waals surface area (Å²) in [5, 5.41) is 33.7. The van der Waals surface area contributed by atoms with Gasteiger partial charge in [0, 0.05) is 17.8 Å². The van der Waals surface area contributed by atoms with E-state index in [-0.39, 0.29) is 34.0 Å². The van der Waals surface area contributed by atoms with Crippen LogP contribution in [0.3, 0.4) is 0 Å². The second kappa shape index (κ2) is 9.27. The van der Waals surface area contributed by atoms with E-state index in [4.69, 9.17) is 9.15 Å². The molecule has 2 aromatic carbocycles. The maximum absolute atomic E-state index is 12.4. The number of nitro groups is 1. The molecule has 1 heterocycles.